The Bertz CT molecular complexity index is 829. The van der Waals surface area contributed by atoms with Crippen molar-refractivity contribution in [3.63, 3.8) is 0 Å². The van der Waals surface area contributed by atoms with E-state index in [9.17, 15) is 0 Å². The van der Waals surface area contributed by atoms with Crippen LogP contribution in [-0.2, 0) is 6.42 Å². The Morgan fingerprint density at radius 2 is 2.09 bits per heavy atom. The van der Waals surface area contributed by atoms with Gasteiger partial charge in [-0.2, -0.15) is 0 Å². The van der Waals surface area contributed by atoms with Gasteiger partial charge in [0, 0.05) is 29.7 Å². The molecule has 0 aliphatic heterocycles. The van der Waals surface area contributed by atoms with E-state index in [1.165, 1.54) is 18.4 Å². The molecule has 2 heterocycles. The summed E-state index contributed by atoms with van der Waals surface area (Å²) in [5.74, 6) is 2.58. The van der Waals surface area contributed by atoms with Crippen LogP contribution < -0.4 is 5.32 Å². The number of anilines is 1. The lowest BCUT2D eigenvalue weighted by Crippen LogP contribution is -2.15. The maximum Gasteiger partial charge on any atom is 0.198 e. The number of hydrogen-bond acceptors (Lipinski definition) is 4. The highest BCUT2D eigenvalue weighted by molar-refractivity contribution is 5.77. The highest BCUT2D eigenvalue weighted by Crippen LogP contribution is 2.41. The standard InChI is InChI=1S/C18H18N2O2/c1-2-14(13-8-9-21-16(13)3-1)19-12-6-7-15-17(10-12)22-18(20-15)11-4-5-11/h6-11,14,19H,1-5H2. The van der Waals surface area contributed by atoms with Crippen molar-refractivity contribution in [1.82, 2.24) is 4.98 Å². The van der Waals surface area contributed by atoms with Crippen LogP contribution in [0.15, 0.2) is 39.4 Å². The molecule has 2 aromatic heterocycles. The van der Waals surface area contributed by atoms with Gasteiger partial charge in [0.15, 0.2) is 11.5 Å². The van der Waals surface area contributed by atoms with E-state index in [0.717, 1.165) is 47.7 Å². The van der Waals surface area contributed by atoms with Gasteiger partial charge in [0.1, 0.15) is 11.3 Å². The molecule has 4 nitrogen and oxygen atoms in total. The van der Waals surface area contributed by atoms with Gasteiger partial charge in [-0.15, -0.1) is 0 Å². The van der Waals surface area contributed by atoms with Crippen molar-refractivity contribution >= 4 is 16.8 Å². The van der Waals surface area contributed by atoms with Gasteiger partial charge in [-0.05, 0) is 43.9 Å². The molecule has 0 bridgehead atoms. The maximum atomic E-state index is 5.91. The molecule has 112 valence electrons. The number of aryl methyl sites for hydroxylation is 1. The molecule has 5 rings (SSSR count). The van der Waals surface area contributed by atoms with Crippen molar-refractivity contribution in [2.45, 2.75) is 44.1 Å². The molecule has 1 N–H and O–H groups in total. The molecule has 0 saturated heterocycles. The molecule has 1 aromatic carbocycles. The van der Waals surface area contributed by atoms with Gasteiger partial charge < -0.3 is 14.2 Å². The van der Waals surface area contributed by atoms with Crippen molar-refractivity contribution in [2.75, 3.05) is 5.32 Å². The number of hydrogen-bond donors (Lipinski definition) is 1. The summed E-state index contributed by atoms with van der Waals surface area (Å²) in [4.78, 5) is 4.58. The van der Waals surface area contributed by atoms with E-state index < -0.39 is 0 Å². The summed E-state index contributed by atoms with van der Waals surface area (Å²) in [7, 11) is 0. The summed E-state index contributed by atoms with van der Waals surface area (Å²) in [6.07, 6.45) is 7.56. The first-order valence-corrected chi connectivity index (χ1v) is 8.10. The maximum absolute atomic E-state index is 5.91. The number of fused-ring (bicyclic) bond motifs is 2. The van der Waals surface area contributed by atoms with E-state index in [0.29, 0.717) is 12.0 Å². The number of furan rings is 1. The summed E-state index contributed by atoms with van der Waals surface area (Å²) in [5, 5.41) is 3.62. The fourth-order valence-electron chi connectivity index (χ4n) is 3.37. The van der Waals surface area contributed by atoms with Crippen LogP contribution in [0.2, 0.25) is 0 Å². The van der Waals surface area contributed by atoms with Crippen LogP contribution in [0.3, 0.4) is 0 Å². The fraction of sp³-hybridized carbons (Fsp3) is 0.389. The average Bonchev–Trinajstić information content (AvgIpc) is 3.11. The minimum absolute atomic E-state index is 0.325. The van der Waals surface area contributed by atoms with Crippen LogP contribution >= 0.6 is 0 Å². The zero-order valence-corrected chi connectivity index (χ0v) is 12.3. The molecule has 2 aliphatic rings. The Kier molecular flexibility index (Phi) is 2.60. The Morgan fingerprint density at radius 3 is 3.00 bits per heavy atom. The van der Waals surface area contributed by atoms with E-state index in [1.807, 2.05) is 6.07 Å². The van der Waals surface area contributed by atoms with Gasteiger partial charge in [-0.3, -0.25) is 0 Å². The highest BCUT2D eigenvalue weighted by Gasteiger charge is 2.29. The SMILES string of the molecule is c1cc2c(o1)CCCC2Nc1ccc2nc(C3CC3)oc2c1. The fourth-order valence-corrected chi connectivity index (χ4v) is 3.37. The zero-order chi connectivity index (χ0) is 14.5. The third kappa shape index (κ3) is 2.02. The molecule has 0 spiro atoms. The number of nitrogens with zero attached hydrogens (tertiary/aromatic N) is 1. The molecule has 0 amide bonds. The number of nitrogens with one attached hydrogen (secondary N) is 1. The quantitative estimate of drug-likeness (QED) is 0.754. The van der Waals surface area contributed by atoms with Gasteiger partial charge in [0.05, 0.1) is 12.3 Å². The average molecular weight is 294 g/mol. The first-order valence-electron chi connectivity index (χ1n) is 8.10. The molecule has 1 atom stereocenters. The summed E-state index contributed by atoms with van der Waals surface area (Å²) >= 11 is 0. The van der Waals surface area contributed by atoms with Gasteiger partial charge in [-0.1, -0.05) is 0 Å². The van der Waals surface area contributed by atoms with E-state index in [-0.39, 0.29) is 0 Å². The van der Waals surface area contributed by atoms with E-state index in [4.69, 9.17) is 8.83 Å². The molecule has 22 heavy (non-hydrogen) atoms. The number of rotatable bonds is 3. The minimum Gasteiger partial charge on any atom is -0.469 e. The van der Waals surface area contributed by atoms with E-state index in [1.54, 1.807) is 6.26 Å². The van der Waals surface area contributed by atoms with Crippen molar-refractivity contribution in [2.24, 2.45) is 0 Å². The predicted octanol–water partition coefficient (Wildman–Crippen LogP) is 4.79. The monoisotopic (exact) mass is 294 g/mol. The molecule has 1 saturated carbocycles. The van der Waals surface area contributed by atoms with Crippen LogP contribution in [0, 0.1) is 0 Å². The summed E-state index contributed by atoms with van der Waals surface area (Å²) in [6, 6.07) is 8.63. The second kappa shape index (κ2) is 4.63. The van der Waals surface area contributed by atoms with Gasteiger partial charge in [0.2, 0.25) is 0 Å². The molecule has 1 fully saturated rings. The molecular formula is C18H18N2O2. The van der Waals surface area contributed by atoms with Crippen LogP contribution in [0.4, 0.5) is 5.69 Å². The summed E-state index contributed by atoms with van der Waals surface area (Å²) in [5.41, 5.74) is 4.22. The van der Waals surface area contributed by atoms with Crippen molar-refractivity contribution in [3.8, 4) is 0 Å². The van der Waals surface area contributed by atoms with E-state index in [2.05, 4.69) is 28.5 Å². The second-order valence-corrected chi connectivity index (χ2v) is 6.40. The largest absolute Gasteiger partial charge is 0.469 e. The summed E-state index contributed by atoms with van der Waals surface area (Å²) < 4.78 is 11.5. The Balaban J connectivity index is 1.45. The lowest BCUT2D eigenvalue weighted by Gasteiger charge is -2.23. The topological polar surface area (TPSA) is 51.2 Å². The van der Waals surface area contributed by atoms with Crippen LogP contribution in [0.5, 0.6) is 0 Å². The molecule has 4 heteroatoms. The van der Waals surface area contributed by atoms with E-state index >= 15 is 0 Å². The first-order chi connectivity index (χ1) is 10.9. The second-order valence-electron chi connectivity index (χ2n) is 6.40. The third-order valence-electron chi connectivity index (χ3n) is 4.72. The lowest BCUT2D eigenvalue weighted by atomic mass is 9.93. The Hall–Kier alpha value is -2.23. The molecule has 0 radical (unpaired) electrons. The van der Waals surface area contributed by atoms with Crippen molar-refractivity contribution in [3.05, 3.63) is 47.7 Å². The third-order valence-corrected chi connectivity index (χ3v) is 4.72. The molecular weight excluding hydrogens is 276 g/mol. The zero-order valence-electron chi connectivity index (χ0n) is 12.3. The Morgan fingerprint density at radius 1 is 1.14 bits per heavy atom. The first kappa shape index (κ1) is 12.3. The Labute approximate surface area is 128 Å². The molecule has 2 aliphatic carbocycles. The molecule has 3 aromatic rings. The highest BCUT2D eigenvalue weighted by atomic mass is 16.3. The van der Waals surface area contributed by atoms with Gasteiger partial charge >= 0.3 is 0 Å². The van der Waals surface area contributed by atoms with Crippen LogP contribution in [-0.4, -0.2) is 4.98 Å². The minimum atomic E-state index is 0.325. The smallest absolute Gasteiger partial charge is 0.198 e. The van der Waals surface area contributed by atoms with Crippen molar-refractivity contribution < 1.29 is 8.83 Å². The normalized spacial score (nSPS) is 21.0. The summed E-state index contributed by atoms with van der Waals surface area (Å²) in [6.45, 7) is 0. The molecule has 1 unspecified atom stereocenters. The number of oxazole rings is 1. The van der Waals surface area contributed by atoms with Crippen molar-refractivity contribution in [1.29, 1.82) is 0 Å². The predicted molar refractivity (Wildman–Crippen MR) is 84.0 cm³/mol. The van der Waals surface area contributed by atoms with Gasteiger partial charge in [0.25, 0.3) is 0 Å². The number of aromatic nitrogens is 1. The number of benzene rings is 1. The van der Waals surface area contributed by atoms with Gasteiger partial charge in [-0.25, -0.2) is 4.98 Å². The van der Waals surface area contributed by atoms with Crippen LogP contribution in [0.1, 0.15) is 54.9 Å². The lowest BCUT2D eigenvalue weighted by molar-refractivity contribution is 0.461. The van der Waals surface area contributed by atoms with Crippen LogP contribution in [0.25, 0.3) is 11.1 Å².